The maximum absolute atomic E-state index is 12.6. The lowest BCUT2D eigenvalue weighted by atomic mass is 10.5. The van der Waals surface area contributed by atoms with E-state index >= 15 is 0 Å². The molecule has 0 amide bonds. The lowest BCUT2D eigenvalue weighted by molar-refractivity contribution is -0.0905. The van der Waals surface area contributed by atoms with E-state index in [0.717, 1.165) is 0 Å². The molecule has 0 radical (unpaired) electrons. The molecular weight excluding hydrogens is 319 g/mol. The van der Waals surface area contributed by atoms with E-state index in [2.05, 4.69) is 0 Å². The highest BCUT2D eigenvalue weighted by atomic mass is 32.2. The summed E-state index contributed by atoms with van der Waals surface area (Å²) in [7, 11) is -7.08. The molecule has 0 aliphatic heterocycles. The minimum atomic E-state index is -3.62. The smallest absolute Gasteiger partial charge is 0.336 e. The van der Waals surface area contributed by atoms with E-state index in [4.69, 9.17) is 18.0 Å². The van der Waals surface area contributed by atoms with E-state index in [-0.39, 0.29) is 24.3 Å². The van der Waals surface area contributed by atoms with Gasteiger partial charge in [-0.2, -0.15) is 8.42 Å². The Morgan fingerprint density at radius 1 is 1.10 bits per heavy atom. The van der Waals surface area contributed by atoms with Crippen molar-refractivity contribution in [3.63, 3.8) is 0 Å². The van der Waals surface area contributed by atoms with Crippen LogP contribution in [-0.2, 0) is 32.7 Å². The molecule has 1 aliphatic carbocycles. The molecule has 1 saturated carbocycles. The zero-order valence-electron chi connectivity index (χ0n) is 13.2. The quantitative estimate of drug-likeness (QED) is 0.342. The molecule has 0 N–H and O–H groups in total. The van der Waals surface area contributed by atoms with Gasteiger partial charge in [-0.25, -0.2) is 4.18 Å². The number of hydrogen-bond acceptors (Lipinski definition) is 7. The molecule has 0 saturated heterocycles. The second kappa shape index (κ2) is 7.06. The summed E-state index contributed by atoms with van der Waals surface area (Å²) in [5.41, 5.74) is 0. The Hall–Kier alpha value is 0.0200. The highest BCUT2D eigenvalue weighted by molar-refractivity contribution is 7.86. The molecule has 9 heteroatoms. The molecule has 1 rings (SSSR count). The van der Waals surface area contributed by atoms with Gasteiger partial charge in [-0.05, 0) is 34.6 Å². The first-order valence-electron chi connectivity index (χ1n) is 7.04. The Kier molecular flexibility index (Phi) is 6.41. The van der Waals surface area contributed by atoms with Crippen molar-refractivity contribution in [1.82, 2.24) is 0 Å². The summed E-state index contributed by atoms with van der Waals surface area (Å²) in [6, 6.07) is 0. The second-order valence-corrected chi connectivity index (χ2v) is 9.29. The molecule has 0 aromatic heterocycles. The summed E-state index contributed by atoms with van der Waals surface area (Å²) in [5, 5.41) is 0. The van der Waals surface area contributed by atoms with Crippen LogP contribution in [0.4, 0.5) is 0 Å². The first kappa shape index (κ1) is 19.1. The van der Waals surface area contributed by atoms with E-state index in [1.807, 2.05) is 0 Å². The lowest BCUT2D eigenvalue weighted by Crippen LogP contribution is -2.25. The molecule has 0 aromatic carbocycles. The molecule has 1 aliphatic rings. The summed E-state index contributed by atoms with van der Waals surface area (Å²) >= 11 is 0. The van der Waals surface area contributed by atoms with Crippen molar-refractivity contribution < 1.29 is 31.0 Å². The van der Waals surface area contributed by atoms with Gasteiger partial charge < -0.3 is 13.8 Å². The monoisotopic (exact) mass is 344 g/mol. The van der Waals surface area contributed by atoms with E-state index in [0.29, 0.717) is 12.8 Å². The van der Waals surface area contributed by atoms with Crippen LogP contribution in [0.2, 0.25) is 0 Å². The third-order valence-corrected chi connectivity index (χ3v) is 5.71. The average Bonchev–Trinajstić information content (AvgIpc) is 3.04. The number of hydrogen-bond donors (Lipinski definition) is 0. The molecule has 21 heavy (non-hydrogen) atoms. The van der Waals surface area contributed by atoms with E-state index < -0.39 is 23.5 Å². The molecule has 0 heterocycles. The molecule has 0 unspecified atom stereocenters. The van der Waals surface area contributed by atoms with Crippen molar-refractivity contribution in [2.24, 2.45) is 0 Å². The summed E-state index contributed by atoms with van der Waals surface area (Å²) in [5.74, 6) is -1.34. The minimum absolute atomic E-state index is 0.138. The predicted molar refractivity (Wildman–Crippen MR) is 78.5 cm³/mol. The largest absolute Gasteiger partial charge is 0.356 e. The predicted octanol–water partition coefficient (Wildman–Crippen LogP) is 2.86. The van der Waals surface area contributed by atoms with Gasteiger partial charge in [0.05, 0.1) is 18.0 Å². The summed E-state index contributed by atoms with van der Waals surface area (Å²) < 4.78 is 56.7. The average molecular weight is 344 g/mol. The standard InChI is InChI=1S/C12H25O7PS/c1-6-21(14,15)19-12(7-8-12)16-9-20(13,17-10(2)3)18-11(4)5/h10-11H,6-9H2,1-5H3. The maximum Gasteiger partial charge on any atom is 0.356 e. The van der Waals surface area contributed by atoms with E-state index in [1.54, 1.807) is 27.7 Å². The molecule has 0 spiro atoms. The Balaban J connectivity index is 2.67. The van der Waals surface area contributed by atoms with Gasteiger partial charge in [0.25, 0.3) is 10.1 Å². The zero-order valence-corrected chi connectivity index (χ0v) is 14.9. The van der Waals surface area contributed by atoms with Crippen molar-refractivity contribution in [3.05, 3.63) is 0 Å². The Morgan fingerprint density at radius 2 is 1.57 bits per heavy atom. The summed E-state index contributed by atoms with van der Waals surface area (Å²) in [6.45, 7) is 8.44. The van der Waals surface area contributed by atoms with Crippen LogP contribution in [0.15, 0.2) is 0 Å². The Morgan fingerprint density at radius 3 is 1.90 bits per heavy atom. The maximum atomic E-state index is 12.6. The molecule has 0 atom stereocenters. The van der Waals surface area contributed by atoms with Gasteiger partial charge in [-0.3, -0.25) is 4.57 Å². The minimum Gasteiger partial charge on any atom is -0.336 e. The van der Waals surface area contributed by atoms with Gasteiger partial charge in [0.2, 0.25) is 0 Å². The first-order chi connectivity index (χ1) is 9.51. The number of ether oxygens (including phenoxy) is 1. The third-order valence-electron chi connectivity index (χ3n) is 2.52. The van der Waals surface area contributed by atoms with Crippen LogP contribution >= 0.6 is 7.60 Å². The highest BCUT2D eigenvalue weighted by Gasteiger charge is 2.51. The molecular formula is C12H25O7PS. The number of rotatable bonds is 10. The van der Waals surface area contributed by atoms with Gasteiger partial charge in [0.1, 0.15) is 0 Å². The van der Waals surface area contributed by atoms with Crippen LogP contribution in [-0.4, -0.2) is 38.5 Å². The van der Waals surface area contributed by atoms with Crippen LogP contribution in [0.1, 0.15) is 47.5 Å². The van der Waals surface area contributed by atoms with Crippen molar-refractivity contribution in [2.45, 2.75) is 65.5 Å². The van der Waals surface area contributed by atoms with Crippen molar-refractivity contribution in [2.75, 3.05) is 12.1 Å². The second-order valence-electron chi connectivity index (χ2n) is 5.53. The summed E-state index contributed by atoms with van der Waals surface area (Å²) in [4.78, 5) is 0. The molecule has 7 nitrogen and oxygen atoms in total. The van der Waals surface area contributed by atoms with Crippen LogP contribution < -0.4 is 0 Å². The third kappa shape index (κ3) is 6.76. The molecule has 0 bridgehead atoms. The van der Waals surface area contributed by atoms with Gasteiger partial charge in [-0.1, -0.05) is 0 Å². The topological polar surface area (TPSA) is 88.1 Å². The van der Waals surface area contributed by atoms with E-state index in [9.17, 15) is 13.0 Å². The van der Waals surface area contributed by atoms with Crippen molar-refractivity contribution in [1.29, 1.82) is 0 Å². The van der Waals surface area contributed by atoms with E-state index in [1.165, 1.54) is 6.92 Å². The normalized spacial score (nSPS) is 18.4. The van der Waals surface area contributed by atoms with Crippen LogP contribution in [0.25, 0.3) is 0 Å². The zero-order chi connectivity index (χ0) is 16.3. The Labute approximate surface area is 126 Å². The van der Waals surface area contributed by atoms with Crippen molar-refractivity contribution in [3.8, 4) is 0 Å². The fraction of sp³-hybridized carbons (Fsp3) is 1.00. The van der Waals surface area contributed by atoms with Gasteiger partial charge in [0, 0.05) is 12.8 Å². The van der Waals surface area contributed by atoms with Gasteiger partial charge in [0.15, 0.2) is 12.1 Å². The Bertz CT molecular complexity index is 468. The van der Waals surface area contributed by atoms with Crippen LogP contribution in [0.5, 0.6) is 0 Å². The molecule has 1 fully saturated rings. The van der Waals surface area contributed by atoms with Crippen LogP contribution in [0.3, 0.4) is 0 Å². The fourth-order valence-corrected chi connectivity index (χ4v) is 4.21. The van der Waals surface area contributed by atoms with Gasteiger partial charge in [-0.15, -0.1) is 0 Å². The van der Waals surface area contributed by atoms with Gasteiger partial charge >= 0.3 is 7.60 Å². The molecule has 0 aromatic rings. The molecule has 126 valence electrons. The van der Waals surface area contributed by atoms with Crippen molar-refractivity contribution >= 4 is 17.7 Å². The fourth-order valence-electron chi connectivity index (χ4n) is 1.57. The van der Waals surface area contributed by atoms with Crippen LogP contribution in [0, 0.1) is 0 Å². The first-order valence-corrected chi connectivity index (χ1v) is 10.3. The summed E-state index contributed by atoms with van der Waals surface area (Å²) in [6.07, 6.45) is -0.0458. The highest BCUT2D eigenvalue weighted by Crippen LogP contribution is 2.53. The SMILES string of the molecule is CCS(=O)(=O)OC1(OCP(=O)(OC(C)C)OC(C)C)CC1. The lowest BCUT2D eigenvalue weighted by Gasteiger charge is -2.25.